The number of nitrogens with zero attached hydrogens (tertiary/aromatic N) is 1. The summed E-state index contributed by atoms with van der Waals surface area (Å²) in [6.07, 6.45) is 0.917. The Hall–Kier alpha value is -1.46. The van der Waals surface area contributed by atoms with Gasteiger partial charge in [0.2, 0.25) is 0 Å². The van der Waals surface area contributed by atoms with Crippen molar-refractivity contribution in [2.24, 2.45) is 0 Å². The molecule has 110 valence electrons. The number of benzene rings is 1. The second kappa shape index (κ2) is 7.36. The smallest absolute Gasteiger partial charge is 0.251 e. The molecule has 0 saturated carbocycles. The van der Waals surface area contributed by atoms with Gasteiger partial charge in [-0.3, -0.25) is 4.79 Å². The summed E-state index contributed by atoms with van der Waals surface area (Å²) in [5, 5.41) is 6.15. The van der Waals surface area contributed by atoms with Crippen molar-refractivity contribution in [1.29, 1.82) is 0 Å². The highest BCUT2D eigenvalue weighted by Gasteiger charge is 2.10. The number of hydrogen-bond acceptors (Lipinski definition) is 3. The summed E-state index contributed by atoms with van der Waals surface area (Å²) in [7, 11) is 0. The van der Waals surface area contributed by atoms with Gasteiger partial charge < -0.3 is 15.5 Å². The number of halogens is 1. The van der Waals surface area contributed by atoms with Crippen LogP contribution in [-0.2, 0) is 0 Å². The monoisotopic (exact) mass is 279 g/mol. The van der Waals surface area contributed by atoms with Crippen LogP contribution in [0.4, 0.5) is 4.39 Å². The van der Waals surface area contributed by atoms with Crippen LogP contribution in [-0.4, -0.2) is 50.1 Å². The molecule has 0 radical (unpaired) electrons. The van der Waals surface area contributed by atoms with Crippen LogP contribution in [0.1, 0.15) is 22.3 Å². The van der Waals surface area contributed by atoms with Crippen molar-refractivity contribution in [3.63, 3.8) is 0 Å². The zero-order valence-corrected chi connectivity index (χ0v) is 11.9. The maximum Gasteiger partial charge on any atom is 0.251 e. The first-order valence-corrected chi connectivity index (χ1v) is 7.13. The second-order valence-electron chi connectivity index (χ2n) is 5.22. The van der Waals surface area contributed by atoms with Crippen LogP contribution < -0.4 is 10.6 Å². The highest BCUT2D eigenvalue weighted by molar-refractivity contribution is 5.94. The van der Waals surface area contributed by atoms with E-state index in [1.807, 2.05) is 0 Å². The minimum atomic E-state index is -0.365. The van der Waals surface area contributed by atoms with Gasteiger partial charge in [-0.15, -0.1) is 0 Å². The molecule has 1 saturated heterocycles. The third-order valence-electron chi connectivity index (χ3n) is 3.45. The molecule has 1 heterocycles. The van der Waals surface area contributed by atoms with Crippen molar-refractivity contribution < 1.29 is 9.18 Å². The number of carbonyl (C=O) groups is 1. The maximum absolute atomic E-state index is 13.2. The molecule has 0 unspecified atom stereocenters. The van der Waals surface area contributed by atoms with Gasteiger partial charge in [0, 0.05) is 38.3 Å². The molecule has 1 aliphatic heterocycles. The number of carbonyl (C=O) groups excluding carboxylic acids is 1. The third kappa shape index (κ3) is 4.58. The first kappa shape index (κ1) is 14.9. The van der Waals surface area contributed by atoms with Crippen LogP contribution in [0.15, 0.2) is 18.2 Å². The van der Waals surface area contributed by atoms with E-state index in [1.54, 1.807) is 13.0 Å². The molecular formula is C15H22FN3O. The van der Waals surface area contributed by atoms with Crippen LogP contribution in [0.3, 0.4) is 0 Å². The summed E-state index contributed by atoms with van der Waals surface area (Å²) in [5.41, 5.74) is 1.15. The van der Waals surface area contributed by atoms with Crippen LogP contribution in [0, 0.1) is 12.7 Å². The Balaban J connectivity index is 1.71. The second-order valence-corrected chi connectivity index (χ2v) is 5.22. The molecule has 0 bridgehead atoms. The zero-order chi connectivity index (χ0) is 14.4. The highest BCUT2D eigenvalue weighted by atomic mass is 19.1. The van der Waals surface area contributed by atoms with Gasteiger partial charge in [0.1, 0.15) is 5.82 Å². The molecule has 2 rings (SSSR count). The summed E-state index contributed by atoms with van der Waals surface area (Å²) in [4.78, 5) is 14.3. The average molecular weight is 279 g/mol. The van der Waals surface area contributed by atoms with Crippen LogP contribution in [0.5, 0.6) is 0 Å². The molecule has 1 aromatic carbocycles. The lowest BCUT2D eigenvalue weighted by Crippen LogP contribution is -2.44. The fourth-order valence-electron chi connectivity index (χ4n) is 2.41. The Morgan fingerprint density at radius 2 is 2.10 bits per heavy atom. The van der Waals surface area contributed by atoms with Gasteiger partial charge in [-0.1, -0.05) is 0 Å². The Kier molecular flexibility index (Phi) is 5.49. The van der Waals surface area contributed by atoms with Gasteiger partial charge in [-0.2, -0.15) is 0 Å². The van der Waals surface area contributed by atoms with Crippen molar-refractivity contribution in [3.8, 4) is 0 Å². The first-order valence-electron chi connectivity index (χ1n) is 7.13. The first-order chi connectivity index (χ1) is 9.65. The SMILES string of the molecule is Cc1cc(F)cc(C(=O)NCCCN2CCNCC2)c1. The lowest BCUT2D eigenvalue weighted by molar-refractivity contribution is 0.0950. The van der Waals surface area contributed by atoms with Crippen molar-refractivity contribution >= 4 is 5.91 Å². The molecule has 1 aliphatic rings. The Morgan fingerprint density at radius 3 is 2.80 bits per heavy atom. The van der Waals surface area contributed by atoms with Gasteiger partial charge in [0.25, 0.3) is 5.91 Å². The fraction of sp³-hybridized carbons (Fsp3) is 0.533. The quantitative estimate of drug-likeness (QED) is 0.795. The highest BCUT2D eigenvalue weighted by Crippen LogP contribution is 2.08. The summed E-state index contributed by atoms with van der Waals surface area (Å²) in [6.45, 7) is 7.60. The predicted octanol–water partition coefficient (Wildman–Crippen LogP) is 1.16. The van der Waals surface area contributed by atoms with Crippen molar-refractivity contribution in [1.82, 2.24) is 15.5 Å². The molecule has 2 N–H and O–H groups in total. The van der Waals surface area contributed by atoms with E-state index in [0.717, 1.165) is 44.7 Å². The van der Waals surface area contributed by atoms with Crippen molar-refractivity contribution in [2.45, 2.75) is 13.3 Å². The van der Waals surface area contributed by atoms with Gasteiger partial charge in [-0.25, -0.2) is 4.39 Å². The molecule has 0 aromatic heterocycles. The average Bonchev–Trinajstić information content (AvgIpc) is 2.43. The van der Waals surface area contributed by atoms with Crippen LogP contribution in [0.2, 0.25) is 0 Å². The maximum atomic E-state index is 13.2. The van der Waals surface area contributed by atoms with Gasteiger partial charge in [0.15, 0.2) is 0 Å². The molecule has 0 atom stereocenters. The van der Waals surface area contributed by atoms with Gasteiger partial charge in [0.05, 0.1) is 0 Å². The van der Waals surface area contributed by atoms with Gasteiger partial charge >= 0.3 is 0 Å². The van der Waals surface area contributed by atoms with Crippen molar-refractivity contribution in [2.75, 3.05) is 39.3 Å². The number of hydrogen-bond donors (Lipinski definition) is 2. The third-order valence-corrected chi connectivity index (χ3v) is 3.45. The van der Waals surface area contributed by atoms with E-state index in [9.17, 15) is 9.18 Å². The molecular weight excluding hydrogens is 257 g/mol. The Labute approximate surface area is 119 Å². The molecule has 1 fully saturated rings. The lowest BCUT2D eigenvalue weighted by atomic mass is 10.1. The van der Waals surface area contributed by atoms with Crippen LogP contribution >= 0.6 is 0 Å². The van der Waals surface area contributed by atoms with E-state index in [4.69, 9.17) is 0 Å². The van der Waals surface area contributed by atoms with Gasteiger partial charge in [-0.05, 0) is 43.7 Å². The zero-order valence-electron chi connectivity index (χ0n) is 11.9. The largest absolute Gasteiger partial charge is 0.352 e. The number of nitrogens with one attached hydrogen (secondary N) is 2. The Morgan fingerprint density at radius 1 is 1.35 bits per heavy atom. The minimum Gasteiger partial charge on any atom is -0.352 e. The lowest BCUT2D eigenvalue weighted by Gasteiger charge is -2.27. The molecule has 0 spiro atoms. The number of amides is 1. The fourth-order valence-corrected chi connectivity index (χ4v) is 2.41. The predicted molar refractivity (Wildman–Crippen MR) is 77.4 cm³/mol. The van der Waals surface area contributed by atoms with E-state index in [0.29, 0.717) is 12.1 Å². The topological polar surface area (TPSA) is 44.4 Å². The molecule has 0 aliphatic carbocycles. The normalized spacial score (nSPS) is 16.1. The van der Waals surface area contributed by atoms with E-state index in [1.165, 1.54) is 12.1 Å². The molecule has 1 aromatic rings. The summed E-state index contributed by atoms with van der Waals surface area (Å²) >= 11 is 0. The van der Waals surface area contributed by atoms with E-state index >= 15 is 0 Å². The summed E-state index contributed by atoms with van der Waals surface area (Å²) in [5.74, 6) is -0.566. The van der Waals surface area contributed by atoms with E-state index in [-0.39, 0.29) is 11.7 Å². The molecule has 5 heteroatoms. The molecule has 4 nitrogen and oxygen atoms in total. The summed E-state index contributed by atoms with van der Waals surface area (Å²) < 4.78 is 13.2. The molecule has 20 heavy (non-hydrogen) atoms. The minimum absolute atomic E-state index is 0.201. The standard InChI is InChI=1S/C15H22FN3O/c1-12-9-13(11-14(16)10-12)15(20)18-3-2-6-19-7-4-17-5-8-19/h9-11,17H,2-8H2,1H3,(H,18,20). The number of piperazine rings is 1. The number of rotatable bonds is 5. The summed E-state index contributed by atoms with van der Waals surface area (Å²) in [6, 6.07) is 4.40. The van der Waals surface area contributed by atoms with E-state index < -0.39 is 0 Å². The van der Waals surface area contributed by atoms with E-state index in [2.05, 4.69) is 15.5 Å². The van der Waals surface area contributed by atoms with Crippen molar-refractivity contribution in [3.05, 3.63) is 35.1 Å². The Bertz CT molecular complexity index is 438. The molecule has 1 amide bonds. The van der Waals surface area contributed by atoms with Crippen LogP contribution in [0.25, 0.3) is 0 Å². The number of aryl methyl sites for hydroxylation is 1.